The SMILES string of the molecule is Cc1ncc(-c2cc3c4c(c2)c(C(N)=O)nn4CC(=O)N2[C@H](C(=O)Nc4nc(Br)ccc4C)C[C@@]4(CNC(=O)CCCC=CC3)C[C@@H]24)cn1. The van der Waals surface area contributed by atoms with Crippen LogP contribution in [0.3, 0.4) is 0 Å². The summed E-state index contributed by atoms with van der Waals surface area (Å²) in [6.07, 6.45) is 10.8. The van der Waals surface area contributed by atoms with E-state index in [4.69, 9.17) is 5.73 Å². The van der Waals surface area contributed by atoms with E-state index in [-0.39, 0.29) is 36.0 Å². The number of nitrogens with one attached hydrogen (secondary N) is 2. The Kier molecular flexibility index (Phi) is 8.51. The molecule has 7 rings (SSSR count). The van der Waals surface area contributed by atoms with E-state index in [0.29, 0.717) is 72.2 Å². The minimum atomic E-state index is -0.796. The maximum atomic E-state index is 14.4. The molecule has 252 valence electrons. The van der Waals surface area contributed by atoms with Gasteiger partial charge in [0.2, 0.25) is 17.7 Å². The van der Waals surface area contributed by atoms with E-state index >= 15 is 0 Å². The summed E-state index contributed by atoms with van der Waals surface area (Å²) in [6, 6.07) is 6.41. The molecular formula is C35H36BrN9O4. The van der Waals surface area contributed by atoms with Crippen LogP contribution >= 0.6 is 15.9 Å². The zero-order chi connectivity index (χ0) is 34.4. The van der Waals surface area contributed by atoms with Crippen LogP contribution in [0.2, 0.25) is 0 Å². The quantitative estimate of drug-likeness (QED) is 0.210. The van der Waals surface area contributed by atoms with Crippen LogP contribution in [-0.4, -0.2) is 71.9 Å². The zero-order valence-corrected chi connectivity index (χ0v) is 28.8. The summed E-state index contributed by atoms with van der Waals surface area (Å²) >= 11 is 3.37. The topological polar surface area (TPSA) is 178 Å². The summed E-state index contributed by atoms with van der Waals surface area (Å²) < 4.78 is 2.11. The average molecular weight is 727 g/mol. The smallest absolute Gasteiger partial charge is 0.269 e. The summed E-state index contributed by atoms with van der Waals surface area (Å²) in [5, 5.41) is 11.1. The van der Waals surface area contributed by atoms with Crippen LogP contribution in [0.15, 0.2) is 53.4 Å². The molecule has 2 fully saturated rings. The normalized spacial score (nSPS) is 22.4. The van der Waals surface area contributed by atoms with Crippen molar-refractivity contribution in [3.05, 3.63) is 76.1 Å². The van der Waals surface area contributed by atoms with Crippen molar-refractivity contribution in [1.82, 2.24) is 34.9 Å². The number of halogens is 1. The van der Waals surface area contributed by atoms with Crippen LogP contribution < -0.4 is 16.4 Å². The molecule has 2 aliphatic heterocycles. The molecule has 3 aliphatic rings. The van der Waals surface area contributed by atoms with Crippen molar-refractivity contribution in [3.8, 4) is 11.1 Å². The number of piperidine rings is 1. The number of primary amides is 1. The Hall–Kier alpha value is -4.98. The summed E-state index contributed by atoms with van der Waals surface area (Å²) in [4.78, 5) is 68.6. The minimum absolute atomic E-state index is 0.0488. The highest BCUT2D eigenvalue weighted by atomic mass is 79.9. The van der Waals surface area contributed by atoms with E-state index in [9.17, 15) is 19.2 Å². The lowest BCUT2D eigenvalue weighted by Gasteiger charge is -2.27. The molecule has 1 saturated heterocycles. The molecule has 2 bridgehead atoms. The number of hydrogen-bond donors (Lipinski definition) is 3. The minimum Gasteiger partial charge on any atom is -0.364 e. The number of nitrogens with two attached hydrogens (primary N) is 1. The molecule has 0 spiro atoms. The molecule has 14 heteroatoms. The maximum Gasteiger partial charge on any atom is 0.269 e. The van der Waals surface area contributed by atoms with Crippen molar-refractivity contribution in [2.45, 2.75) is 71.0 Å². The van der Waals surface area contributed by atoms with Gasteiger partial charge in [0.15, 0.2) is 5.69 Å². The molecule has 1 aromatic carbocycles. The van der Waals surface area contributed by atoms with Gasteiger partial charge < -0.3 is 21.3 Å². The Bertz CT molecular complexity index is 2040. The Balaban J connectivity index is 1.30. The van der Waals surface area contributed by atoms with Crippen LogP contribution in [0, 0.1) is 19.3 Å². The van der Waals surface area contributed by atoms with Gasteiger partial charge in [-0.15, -0.1) is 0 Å². The lowest BCUT2D eigenvalue weighted by atomic mass is 9.98. The number of nitrogens with zero attached hydrogens (tertiary/aromatic N) is 6. The van der Waals surface area contributed by atoms with Crippen molar-refractivity contribution in [2.75, 3.05) is 11.9 Å². The predicted octanol–water partition coefficient (Wildman–Crippen LogP) is 3.76. The predicted molar refractivity (Wildman–Crippen MR) is 185 cm³/mol. The summed E-state index contributed by atoms with van der Waals surface area (Å²) in [5.74, 6) is -0.409. The first kappa shape index (κ1) is 32.6. The number of amides is 4. The number of aromatic nitrogens is 5. The summed E-state index contributed by atoms with van der Waals surface area (Å²) in [6.45, 7) is 3.81. The van der Waals surface area contributed by atoms with Gasteiger partial charge in [-0.2, -0.15) is 5.10 Å². The van der Waals surface area contributed by atoms with Crippen LogP contribution in [-0.2, 0) is 27.3 Å². The highest BCUT2D eigenvalue weighted by molar-refractivity contribution is 9.10. The third-order valence-corrected chi connectivity index (χ3v) is 10.2. The second kappa shape index (κ2) is 12.8. The molecule has 4 amide bonds. The van der Waals surface area contributed by atoms with Crippen molar-refractivity contribution in [1.29, 1.82) is 0 Å². The van der Waals surface area contributed by atoms with Gasteiger partial charge in [-0.05, 0) is 96.8 Å². The number of allylic oxidation sites excluding steroid dienone is 2. The van der Waals surface area contributed by atoms with Gasteiger partial charge in [0.25, 0.3) is 5.91 Å². The highest BCUT2D eigenvalue weighted by Gasteiger charge is 2.67. The van der Waals surface area contributed by atoms with E-state index in [1.165, 1.54) is 4.68 Å². The van der Waals surface area contributed by atoms with Crippen molar-refractivity contribution in [2.24, 2.45) is 11.1 Å². The van der Waals surface area contributed by atoms with Gasteiger partial charge in [0.1, 0.15) is 28.8 Å². The second-order valence-corrected chi connectivity index (χ2v) is 14.0. The number of carbonyl (C=O) groups excluding carboxylic acids is 4. The summed E-state index contributed by atoms with van der Waals surface area (Å²) in [7, 11) is 0. The average Bonchev–Trinajstić information content (AvgIpc) is 3.48. The zero-order valence-electron chi connectivity index (χ0n) is 27.2. The number of carbonyl (C=O) groups is 4. The fraction of sp³-hybridized carbons (Fsp3) is 0.371. The van der Waals surface area contributed by atoms with E-state index in [0.717, 1.165) is 22.3 Å². The van der Waals surface area contributed by atoms with E-state index < -0.39 is 17.4 Å². The molecule has 13 nitrogen and oxygen atoms in total. The number of pyridine rings is 1. The number of anilines is 1. The van der Waals surface area contributed by atoms with Crippen molar-refractivity contribution >= 4 is 56.3 Å². The molecular weight excluding hydrogens is 690 g/mol. The standard InChI is InChI=1S/C35H36BrN9O4/c1-19-9-10-27(36)41-33(19)42-34(49)25-13-35-14-26(35)45(25)29(47)17-44-31-21(7-5-3-4-6-8-28(46)40-18-35)11-22(23-15-38-20(2)39-16-23)12-24(31)30(43-44)32(37)48/h3,5,9-12,15-16,25-26H,4,6-8,13-14,17-18H2,1-2H3,(H2,37,48)(H,40,46)(H,41,42,49)/t25-,26+,35-/m0/s1. The molecule has 3 aromatic heterocycles. The molecule has 0 unspecified atom stereocenters. The van der Waals surface area contributed by atoms with Gasteiger partial charge in [0.05, 0.1) is 5.52 Å². The first-order valence-corrected chi connectivity index (χ1v) is 17.1. The second-order valence-electron chi connectivity index (χ2n) is 13.2. The molecule has 4 aromatic rings. The third kappa shape index (κ3) is 6.32. The van der Waals surface area contributed by atoms with E-state index in [1.54, 1.807) is 30.3 Å². The maximum absolute atomic E-state index is 14.4. The van der Waals surface area contributed by atoms with E-state index in [2.05, 4.69) is 46.6 Å². The molecule has 49 heavy (non-hydrogen) atoms. The Labute approximate surface area is 290 Å². The van der Waals surface area contributed by atoms with Gasteiger partial charge in [-0.1, -0.05) is 18.2 Å². The van der Waals surface area contributed by atoms with Crippen LogP contribution in [0.1, 0.15) is 59.5 Å². The lowest BCUT2D eigenvalue weighted by molar-refractivity contribution is -0.138. The van der Waals surface area contributed by atoms with Crippen molar-refractivity contribution < 1.29 is 19.2 Å². The molecule has 0 radical (unpaired) electrons. The molecule has 3 atom stereocenters. The summed E-state index contributed by atoms with van der Waals surface area (Å²) in [5.41, 5.74) is 9.24. The Morgan fingerprint density at radius 2 is 1.88 bits per heavy atom. The molecule has 5 heterocycles. The lowest BCUT2D eigenvalue weighted by Crippen LogP contribution is -2.47. The van der Waals surface area contributed by atoms with Crippen molar-refractivity contribution in [3.63, 3.8) is 0 Å². The fourth-order valence-corrected chi connectivity index (χ4v) is 7.46. The number of hydrogen-bond acceptors (Lipinski definition) is 8. The van der Waals surface area contributed by atoms with Crippen LogP contribution in [0.4, 0.5) is 5.82 Å². The Morgan fingerprint density at radius 3 is 2.65 bits per heavy atom. The number of aryl methyl sites for hydroxylation is 2. The fourth-order valence-electron chi connectivity index (χ4n) is 7.15. The first-order chi connectivity index (χ1) is 23.5. The van der Waals surface area contributed by atoms with Gasteiger partial charge >= 0.3 is 0 Å². The molecule has 1 aliphatic carbocycles. The monoisotopic (exact) mass is 725 g/mol. The molecule has 4 N–H and O–H groups in total. The van der Waals surface area contributed by atoms with Gasteiger partial charge in [-0.3, -0.25) is 23.9 Å². The van der Waals surface area contributed by atoms with E-state index in [1.807, 2.05) is 37.3 Å². The molecule has 1 saturated carbocycles. The Morgan fingerprint density at radius 1 is 1.08 bits per heavy atom. The van der Waals surface area contributed by atoms with Gasteiger partial charge in [0, 0.05) is 47.8 Å². The number of rotatable bonds is 4. The van der Waals surface area contributed by atoms with Gasteiger partial charge in [-0.25, -0.2) is 15.0 Å². The third-order valence-electron chi connectivity index (χ3n) is 9.79. The van der Waals surface area contributed by atoms with Crippen LogP contribution in [0.25, 0.3) is 22.0 Å². The first-order valence-electron chi connectivity index (χ1n) is 16.3. The largest absolute Gasteiger partial charge is 0.364 e. The number of benzene rings is 1. The highest BCUT2D eigenvalue weighted by Crippen LogP contribution is 2.59. The van der Waals surface area contributed by atoms with Crippen LogP contribution in [0.5, 0.6) is 0 Å².